The lowest BCUT2D eigenvalue weighted by Crippen LogP contribution is -2.19. The Morgan fingerprint density at radius 2 is 2.19 bits per heavy atom. The van der Waals surface area contributed by atoms with Crippen molar-refractivity contribution in [3.05, 3.63) is 17.7 Å². The van der Waals surface area contributed by atoms with Crippen molar-refractivity contribution < 1.29 is 14.3 Å². The highest BCUT2D eigenvalue weighted by Gasteiger charge is 2.21. The van der Waals surface area contributed by atoms with E-state index in [1.165, 1.54) is 23.9 Å². The zero-order chi connectivity index (χ0) is 11.5. The van der Waals surface area contributed by atoms with Crippen molar-refractivity contribution in [3.63, 3.8) is 0 Å². The Bertz CT molecular complexity index is 383. The molecule has 1 aliphatic rings. The molecule has 0 bridgehead atoms. The van der Waals surface area contributed by atoms with E-state index in [4.69, 9.17) is 5.11 Å². The van der Waals surface area contributed by atoms with Gasteiger partial charge in [-0.25, -0.2) is 9.18 Å². The minimum atomic E-state index is -1.24. The fourth-order valence-electron chi connectivity index (χ4n) is 2.33. The number of rotatable bonds is 3. The van der Waals surface area contributed by atoms with E-state index in [-0.39, 0.29) is 5.69 Å². The number of halogens is 1. The van der Waals surface area contributed by atoms with Gasteiger partial charge < -0.3 is 5.11 Å². The van der Waals surface area contributed by atoms with Gasteiger partial charge in [-0.3, -0.25) is 4.68 Å². The van der Waals surface area contributed by atoms with Crippen LogP contribution in [0.15, 0.2) is 6.20 Å². The van der Waals surface area contributed by atoms with Crippen molar-refractivity contribution in [3.8, 4) is 0 Å². The van der Waals surface area contributed by atoms with Crippen LogP contribution in [0.1, 0.15) is 42.6 Å². The van der Waals surface area contributed by atoms with Crippen molar-refractivity contribution in [2.24, 2.45) is 5.92 Å². The lowest BCUT2D eigenvalue weighted by atomic mass is 9.89. The minimum Gasteiger partial charge on any atom is -0.476 e. The van der Waals surface area contributed by atoms with Crippen LogP contribution in [-0.2, 0) is 6.54 Å². The quantitative estimate of drug-likeness (QED) is 0.860. The molecule has 1 N–H and O–H groups in total. The van der Waals surface area contributed by atoms with Crippen LogP contribution in [0.2, 0.25) is 0 Å². The standard InChI is InChI=1S/C11H15FN2O2/c12-9-6-13-14(10(9)11(15)16)7-8-4-2-1-3-5-8/h6,8H,1-5,7H2,(H,15,16). The topological polar surface area (TPSA) is 55.1 Å². The van der Waals surface area contributed by atoms with Gasteiger partial charge in [0.2, 0.25) is 0 Å². The Balaban J connectivity index is 2.11. The van der Waals surface area contributed by atoms with Crippen molar-refractivity contribution in [2.75, 3.05) is 0 Å². The zero-order valence-corrected chi connectivity index (χ0v) is 9.03. The van der Waals surface area contributed by atoms with Gasteiger partial charge in [0, 0.05) is 6.54 Å². The summed E-state index contributed by atoms with van der Waals surface area (Å²) in [6.07, 6.45) is 6.75. The molecule has 5 heteroatoms. The molecule has 0 spiro atoms. The molecule has 0 amide bonds. The maximum absolute atomic E-state index is 13.2. The van der Waals surface area contributed by atoms with Gasteiger partial charge in [-0.2, -0.15) is 5.10 Å². The molecular formula is C11H15FN2O2. The van der Waals surface area contributed by atoms with E-state index < -0.39 is 11.8 Å². The van der Waals surface area contributed by atoms with E-state index in [0.717, 1.165) is 19.0 Å². The molecule has 0 saturated heterocycles. The third kappa shape index (κ3) is 2.23. The molecule has 0 radical (unpaired) electrons. The first-order valence-corrected chi connectivity index (χ1v) is 5.63. The molecule has 1 aromatic heterocycles. The van der Waals surface area contributed by atoms with E-state index in [0.29, 0.717) is 12.5 Å². The van der Waals surface area contributed by atoms with Crippen LogP contribution in [0.3, 0.4) is 0 Å². The summed E-state index contributed by atoms with van der Waals surface area (Å²) < 4.78 is 14.4. The number of hydrogen-bond acceptors (Lipinski definition) is 2. The largest absolute Gasteiger partial charge is 0.476 e. The van der Waals surface area contributed by atoms with Crippen molar-refractivity contribution in [1.29, 1.82) is 0 Å². The predicted octanol–water partition coefficient (Wildman–Crippen LogP) is 2.30. The average molecular weight is 226 g/mol. The van der Waals surface area contributed by atoms with Crippen LogP contribution in [-0.4, -0.2) is 20.9 Å². The third-order valence-corrected chi connectivity index (χ3v) is 3.15. The van der Waals surface area contributed by atoms with Gasteiger partial charge in [0.25, 0.3) is 0 Å². The summed E-state index contributed by atoms with van der Waals surface area (Å²) >= 11 is 0. The Hall–Kier alpha value is -1.39. The first-order valence-electron chi connectivity index (χ1n) is 5.63. The molecule has 1 fully saturated rings. The summed E-state index contributed by atoms with van der Waals surface area (Å²) in [7, 11) is 0. The van der Waals surface area contributed by atoms with Gasteiger partial charge in [-0.15, -0.1) is 0 Å². The highest BCUT2D eigenvalue weighted by atomic mass is 19.1. The van der Waals surface area contributed by atoms with Crippen LogP contribution in [0.5, 0.6) is 0 Å². The summed E-state index contributed by atoms with van der Waals surface area (Å²) in [4.78, 5) is 10.8. The summed E-state index contributed by atoms with van der Waals surface area (Å²) in [5.41, 5.74) is -0.314. The molecule has 0 atom stereocenters. The third-order valence-electron chi connectivity index (χ3n) is 3.15. The number of carboxylic acid groups (broad SMARTS) is 1. The van der Waals surface area contributed by atoms with Crippen molar-refractivity contribution >= 4 is 5.97 Å². The van der Waals surface area contributed by atoms with Gasteiger partial charge in [0.1, 0.15) is 0 Å². The second-order valence-corrected chi connectivity index (χ2v) is 4.33. The number of aromatic carboxylic acids is 1. The Morgan fingerprint density at radius 1 is 1.50 bits per heavy atom. The molecule has 0 aliphatic heterocycles. The first kappa shape index (κ1) is 11.1. The van der Waals surface area contributed by atoms with Gasteiger partial charge in [0.05, 0.1) is 6.20 Å². The van der Waals surface area contributed by atoms with E-state index in [9.17, 15) is 9.18 Å². The predicted molar refractivity (Wildman–Crippen MR) is 55.7 cm³/mol. The summed E-state index contributed by atoms with van der Waals surface area (Å²) in [5.74, 6) is -1.56. The first-order chi connectivity index (χ1) is 7.68. The van der Waals surface area contributed by atoms with Gasteiger partial charge in [-0.05, 0) is 18.8 Å². The average Bonchev–Trinajstić information content (AvgIpc) is 2.61. The maximum Gasteiger partial charge on any atom is 0.357 e. The lowest BCUT2D eigenvalue weighted by Gasteiger charge is -2.21. The van der Waals surface area contributed by atoms with Crippen molar-refractivity contribution in [1.82, 2.24) is 9.78 Å². The number of carboxylic acids is 1. The minimum absolute atomic E-state index is 0.314. The molecule has 0 unspecified atom stereocenters. The van der Waals surface area contributed by atoms with E-state index >= 15 is 0 Å². The molecule has 1 heterocycles. The summed E-state index contributed by atoms with van der Waals surface area (Å²) in [5, 5.41) is 12.7. The summed E-state index contributed by atoms with van der Waals surface area (Å²) in [6, 6.07) is 0. The second kappa shape index (κ2) is 4.63. The Kier molecular flexibility index (Phi) is 3.22. The fraction of sp³-hybridized carbons (Fsp3) is 0.636. The molecule has 1 aliphatic carbocycles. The SMILES string of the molecule is O=C(O)c1c(F)cnn1CC1CCCCC1. The van der Waals surface area contributed by atoms with Gasteiger partial charge >= 0.3 is 5.97 Å². The van der Waals surface area contributed by atoms with Crippen molar-refractivity contribution in [2.45, 2.75) is 38.6 Å². The number of carbonyl (C=O) groups is 1. The number of nitrogens with zero attached hydrogens (tertiary/aromatic N) is 2. The van der Waals surface area contributed by atoms with E-state index in [2.05, 4.69) is 5.10 Å². The fourth-order valence-corrected chi connectivity index (χ4v) is 2.33. The summed E-state index contributed by atoms with van der Waals surface area (Å²) in [6.45, 7) is 0.519. The molecule has 1 aromatic rings. The molecule has 4 nitrogen and oxygen atoms in total. The van der Waals surface area contributed by atoms with E-state index in [1.54, 1.807) is 0 Å². The highest BCUT2D eigenvalue weighted by molar-refractivity contribution is 5.85. The van der Waals surface area contributed by atoms with E-state index in [1.807, 2.05) is 0 Å². The highest BCUT2D eigenvalue weighted by Crippen LogP contribution is 2.25. The lowest BCUT2D eigenvalue weighted by molar-refractivity contribution is 0.0675. The number of hydrogen-bond donors (Lipinski definition) is 1. The smallest absolute Gasteiger partial charge is 0.357 e. The molecule has 16 heavy (non-hydrogen) atoms. The zero-order valence-electron chi connectivity index (χ0n) is 9.03. The Morgan fingerprint density at radius 3 is 2.81 bits per heavy atom. The second-order valence-electron chi connectivity index (χ2n) is 4.33. The molecule has 1 saturated carbocycles. The molecule has 2 rings (SSSR count). The van der Waals surface area contributed by atoms with Gasteiger partial charge in [0.15, 0.2) is 11.5 Å². The van der Waals surface area contributed by atoms with Crippen LogP contribution >= 0.6 is 0 Å². The monoisotopic (exact) mass is 226 g/mol. The molecule has 88 valence electrons. The molecular weight excluding hydrogens is 211 g/mol. The van der Waals surface area contributed by atoms with Crippen LogP contribution in [0, 0.1) is 11.7 Å². The number of aromatic nitrogens is 2. The normalized spacial score (nSPS) is 17.6. The van der Waals surface area contributed by atoms with Crippen LogP contribution < -0.4 is 0 Å². The van der Waals surface area contributed by atoms with Gasteiger partial charge in [-0.1, -0.05) is 19.3 Å². The Labute approximate surface area is 93.1 Å². The van der Waals surface area contributed by atoms with Crippen LogP contribution in [0.4, 0.5) is 4.39 Å². The molecule has 0 aromatic carbocycles. The van der Waals surface area contributed by atoms with Crippen LogP contribution in [0.25, 0.3) is 0 Å². The maximum atomic E-state index is 13.2.